The van der Waals surface area contributed by atoms with Gasteiger partial charge >= 0.3 is 0 Å². The Kier molecular flexibility index (Phi) is 13.0. The zero-order chi connectivity index (χ0) is 38.2. The van der Waals surface area contributed by atoms with Crippen LogP contribution < -0.4 is 37.6 Å². The molecule has 0 aliphatic carbocycles. The fourth-order valence-electron chi connectivity index (χ4n) is 5.88. The lowest BCUT2D eigenvalue weighted by Crippen LogP contribution is -2.59. The van der Waals surface area contributed by atoms with E-state index in [0.29, 0.717) is 18.4 Å². The summed E-state index contributed by atoms with van der Waals surface area (Å²) >= 11 is 1.46. The summed E-state index contributed by atoms with van der Waals surface area (Å²) in [6, 6.07) is 2.31. The Bertz CT molecular complexity index is 1700. The number of hydrogen-bond donors (Lipinski definition) is 7. The molecular weight excluding hydrogens is 694 g/mol. The number of hydrogen-bond acceptors (Lipinski definition) is 10. The number of carbonyl (C=O) groups is 8. The minimum absolute atomic E-state index is 0.189. The maximum atomic E-state index is 14.0. The molecule has 18 heteroatoms. The van der Waals surface area contributed by atoms with Crippen LogP contribution >= 0.6 is 11.3 Å². The Morgan fingerprint density at radius 3 is 2.13 bits per heavy atom. The van der Waals surface area contributed by atoms with Crippen molar-refractivity contribution in [1.29, 1.82) is 0 Å². The van der Waals surface area contributed by atoms with E-state index in [2.05, 4.69) is 36.9 Å². The second-order valence-corrected chi connectivity index (χ2v) is 14.6. The van der Waals surface area contributed by atoms with Crippen molar-refractivity contribution in [2.45, 2.75) is 77.5 Å². The SMILES string of the molecule is Cc1ncsc1-c1ccc([C@@H]2NC(=O)[C@@H]3CCCN3C(=O)[C@H](C(C)(C)C)NC(=O)CNC(=O)[C@H](CCC(N)=O)NC(=O)CNC(=O)CNC2=O)cc1. The second kappa shape index (κ2) is 17.2. The average Bonchev–Trinajstić information content (AvgIpc) is 3.76. The van der Waals surface area contributed by atoms with Crippen molar-refractivity contribution < 1.29 is 38.4 Å². The summed E-state index contributed by atoms with van der Waals surface area (Å²) in [7, 11) is 0. The molecule has 2 aliphatic heterocycles. The number of thiazole rings is 1. The summed E-state index contributed by atoms with van der Waals surface area (Å²) in [6.07, 6.45) is 0.336. The smallest absolute Gasteiger partial charge is 0.247 e. The van der Waals surface area contributed by atoms with E-state index in [1.165, 1.54) is 16.2 Å². The lowest BCUT2D eigenvalue weighted by atomic mass is 9.85. The standard InChI is InChI=1S/C34H45N9O8S/c1-18-28(52-17-39-18)20-9-7-19(8-10-20)27-32(50)38-14-24(45)36-15-25(46)40-21(11-12-23(35)44)30(48)37-16-26(47)41-29(34(2,3)4)33(51)43-13-5-6-22(43)31(49)42-27/h7-10,17,21-22,27,29H,5-6,11-16H2,1-4H3,(H2,35,44)(H,36,45)(H,37,48)(H,38,50)(H,40,46)(H,41,47)(H,42,49)/t21-,22-,27-,29+/m0/s1. The highest BCUT2D eigenvalue weighted by Gasteiger charge is 2.42. The molecule has 8 N–H and O–H groups in total. The van der Waals surface area contributed by atoms with Gasteiger partial charge in [-0.2, -0.15) is 0 Å². The van der Waals surface area contributed by atoms with Gasteiger partial charge in [0, 0.05) is 13.0 Å². The number of nitrogens with zero attached hydrogens (tertiary/aromatic N) is 2. The predicted molar refractivity (Wildman–Crippen MR) is 189 cm³/mol. The van der Waals surface area contributed by atoms with E-state index in [1.807, 2.05) is 6.92 Å². The molecule has 0 bridgehead atoms. The molecule has 0 spiro atoms. The van der Waals surface area contributed by atoms with Gasteiger partial charge in [-0.05, 0) is 42.7 Å². The van der Waals surface area contributed by atoms with Gasteiger partial charge in [-0.1, -0.05) is 45.0 Å². The van der Waals surface area contributed by atoms with Gasteiger partial charge in [0.25, 0.3) is 0 Å². The summed E-state index contributed by atoms with van der Waals surface area (Å²) in [6.45, 7) is 5.60. The molecule has 2 aromatic rings. The van der Waals surface area contributed by atoms with Crippen LogP contribution in [0.15, 0.2) is 29.8 Å². The molecule has 52 heavy (non-hydrogen) atoms. The van der Waals surface area contributed by atoms with E-state index < -0.39 is 96.5 Å². The van der Waals surface area contributed by atoms with Gasteiger partial charge in [-0.25, -0.2) is 4.98 Å². The summed E-state index contributed by atoms with van der Waals surface area (Å²) in [5.74, 6) is -5.63. The zero-order valence-electron chi connectivity index (χ0n) is 29.5. The monoisotopic (exact) mass is 739 g/mol. The van der Waals surface area contributed by atoms with Crippen LogP contribution in [0, 0.1) is 12.3 Å². The Morgan fingerprint density at radius 2 is 1.50 bits per heavy atom. The molecule has 1 aromatic carbocycles. The molecule has 0 unspecified atom stereocenters. The Morgan fingerprint density at radius 1 is 0.865 bits per heavy atom. The lowest BCUT2D eigenvalue weighted by molar-refractivity contribution is -0.144. The predicted octanol–water partition coefficient (Wildman–Crippen LogP) is -1.09. The average molecular weight is 740 g/mol. The molecule has 8 amide bonds. The summed E-state index contributed by atoms with van der Waals surface area (Å²) in [4.78, 5) is 111. The van der Waals surface area contributed by atoms with Crippen molar-refractivity contribution in [3.8, 4) is 10.4 Å². The summed E-state index contributed by atoms with van der Waals surface area (Å²) < 4.78 is 0. The van der Waals surface area contributed by atoms with Crippen molar-refractivity contribution in [1.82, 2.24) is 41.8 Å². The number of carbonyl (C=O) groups excluding carboxylic acids is 8. The molecule has 3 heterocycles. The van der Waals surface area contributed by atoms with Crippen LogP contribution in [0.2, 0.25) is 0 Å². The quantitative estimate of drug-likeness (QED) is 0.197. The van der Waals surface area contributed by atoms with Crippen molar-refractivity contribution in [3.05, 3.63) is 41.0 Å². The Balaban J connectivity index is 1.65. The van der Waals surface area contributed by atoms with Gasteiger partial charge < -0.3 is 42.5 Å². The van der Waals surface area contributed by atoms with Crippen LogP contribution in [0.4, 0.5) is 0 Å². The minimum atomic E-state index is -1.28. The summed E-state index contributed by atoms with van der Waals surface area (Å²) in [5, 5.41) is 15.1. The van der Waals surface area contributed by atoms with Gasteiger partial charge in [0.1, 0.15) is 24.2 Å². The number of aryl methyl sites for hydroxylation is 1. The maximum absolute atomic E-state index is 14.0. The van der Waals surface area contributed by atoms with Crippen LogP contribution in [0.1, 0.15) is 63.8 Å². The van der Waals surface area contributed by atoms with Crippen LogP contribution in [-0.4, -0.2) is 101 Å². The molecule has 17 nitrogen and oxygen atoms in total. The topological polar surface area (TPSA) is 251 Å². The molecule has 2 fully saturated rings. The molecule has 4 atom stereocenters. The van der Waals surface area contributed by atoms with E-state index in [0.717, 1.165) is 16.1 Å². The maximum Gasteiger partial charge on any atom is 0.247 e. The molecular formula is C34H45N9O8S. The number of benzene rings is 1. The number of rotatable bonds is 5. The fourth-order valence-corrected chi connectivity index (χ4v) is 6.69. The number of primary amides is 1. The van der Waals surface area contributed by atoms with E-state index in [4.69, 9.17) is 5.73 Å². The molecule has 2 saturated heterocycles. The first-order chi connectivity index (χ1) is 24.5. The van der Waals surface area contributed by atoms with Crippen molar-refractivity contribution in [2.75, 3.05) is 26.2 Å². The Labute approximate surface area is 304 Å². The fraction of sp³-hybridized carbons (Fsp3) is 0.500. The molecule has 2 aliphatic rings. The number of aromatic nitrogens is 1. The first-order valence-electron chi connectivity index (χ1n) is 16.9. The van der Waals surface area contributed by atoms with Gasteiger partial charge in [-0.15, -0.1) is 11.3 Å². The third-order valence-electron chi connectivity index (χ3n) is 8.68. The first kappa shape index (κ1) is 39.4. The van der Waals surface area contributed by atoms with E-state index in [1.54, 1.807) is 50.5 Å². The normalized spacial score (nSPS) is 23.2. The number of amides is 8. The van der Waals surface area contributed by atoms with E-state index >= 15 is 0 Å². The van der Waals surface area contributed by atoms with Gasteiger partial charge in [-0.3, -0.25) is 38.4 Å². The van der Waals surface area contributed by atoms with Gasteiger partial charge in [0.05, 0.1) is 35.7 Å². The van der Waals surface area contributed by atoms with E-state index in [9.17, 15) is 38.4 Å². The molecule has 280 valence electrons. The highest BCUT2D eigenvalue weighted by atomic mass is 32.1. The van der Waals surface area contributed by atoms with Gasteiger partial charge in [0.2, 0.25) is 47.3 Å². The minimum Gasteiger partial charge on any atom is -0.370 e. The number of nitrogens with one attached hydrogen (secondary N) is 6. The molecule has 0 saturated carbocycles. The third-order valence-corrected chi connectivity index (χ3v) is 9.66. The highest BCUT2D eigenvalue weighted by Crippen LogP contribution is 2.29. The summed E-state index contributed by atoms with van der Waals surface area (Å²) in [5.41, 5.74) is 8.23. The molecule has 0 radical (unpaired) electrons. The third kappa shape index (κ3) is 10.3. The van der Waals surface area contributed by atoms with Gasteiger partial charge in [0.15, 0.2) is 0 Å². The van der Waals surface area contributed by atoms with Crippen LogP contribution in [-0.2, 0) is 38.4 Å². The highest BCUT2D eigenvalue weighted by molar-refractivity contribution is 7.13. The van der Waals surface area contributed by atoms with Crippen molar-refractivity contribution in [3.63, 3.8) is 0 Å². The number of nitrogens with two attached hydrogens (primary N) is 1. The van der Waals surface area contributed by atoms with Crippen molar-refractivity contribution >= 4 is 58.6 Å². The Hall–Kier alpha value is -5.39. The van der Waals surface area contributed by atoms with Crippen LogP contribution in [0.3, 0.4) is 0 Å². The number of fused-ring (bicyclic) bond motifs is 1. The van der Waals surface area contributed by atoms with E-state index in [-0.39, 0.29) is 19.4 Å². The molecule has 4 rings (SSSR count). The lowest BCUT2D eigenvalue weighted by Gasteiger charge is -2.35. The molecule has 1 aromatic heterocycles. The van der Waals surface area contributed by atoms with Crippen LogP contribution in [0.25, 0.3) is 10.4 Å². The van der Waals surface area contributed by atoms with Crippen LogP contribution in [0.5, 0.6) is 0 Å². The van der Waals surface area contributed by atoms with Crippen molar-refractivity contribution in [2.24, 2.45) is 11.1 Å². The largest absolute Gasteiger partial charge is 0.370 e. The first-order valence-corrected chi connectivity index (χ1v) is 17.7. The zero-order valence-corrected chi connectivity index (χ0v) is 30.3. The second-order valence-electron chi connectivity index (χ2n) is 13.7.